The van der Waals surface area contributed by atoms with Gasteiger partial charge < -0.3 is 5.32 Å². The number of thioether (sulfide) groups is 1. The van der Waals surface area contributed by atoms with E-state index in [1.54, 1.807) is 30.3 Å². The molecule has 1 aliphatic heterocycles. The Labute approximate surface area is 184 Å². The van der Waals surface area contributed by atoms with E-state index in [9.17, 15) is 14.4 Å². The Morgan fingerprint density at radius 3 is 2.42 bits per heavy atom. The topological polar surface area (TPSA) is 66.5 Å². The molecule has 1 fully saturated rings. The number of anilines is 1. The van der Waals surface area contributed by atoms with Crippen molar-refractivity contribution in [2.45, 2.75) is 13.5 Å². The molecule has 0 saturated carbocycles. The molecule has 31 heavy (non-hydrogen) atoms. The largest absolute Gasteiger partial charge is 0.322 e. The first-order valence-electron chi connectivity index (χ1n) is 9.77. The maximum Gasteiger partial charge on any atom is 0.293 e. The molecule has 1 N–H and O–H groups in total. The quantitative estimate of drug-likeness (QED) is 0.546. The molecule has 1 aliphatic rings. The SMILES string of the molecule is Cc1cccc(NC(=O)c2ccc(CN3C(=O)S/C(=C\c4ccccc4)C3=O)cc2)c1. The molecule has 4 rings (SSSR count). The van der Waals surface area contributed by atoms with Gasteiger partial charge in [-0.05, 0) is 65.7 Å². The van der Waals surface area contributed by atoms with Crippen LogP contribution in [-0.4, -0.2) is 22.0 Å². The number of carbonyl (C=O) groups is 3. The lowest BCUT2D eigenvalue weighted by molar-refractivity contribution is -0.123. The van der Waals surface area contributed by atoms with Crippen LogP contribution < -0.4 is 5.32 Å². The van der Waals surface area contributed by atoms with Gasteiger partial charge in [0.25, 0.3) is 17.1 Å². The molecule has 0 atom stereocenters. The molecule has 0 spiro atoms. The fourth-order valence-corrected chi connectivity index (χ4v) is 4.05. The van der Waals surface area contributed by atoms with Gasteiger partial charge in [0.05, 0.1) is 11.4 Å². The molecule has 3 aromatic rings. The van der Waals surface area contributed by atoms with Crippen molar-refractivity contribution in [1.82, 2.24) is 4.90 Å². The van der Waals surface area contributed by atoms with Crippen molar-refractivity contribution < 1.29 is 14.4 Å². The van der Waals surface area contributed by atoms with E-state index in [0.717, 1.165) is 34.1 Å². The molecule has 0 aliphatic carbocycles. The minimum absolute atomic E-state index is 0.163. The number of benzene rings is 3. The van der Waals surface area contributed by atoms with E-state index < -0.39 is 0 Å². The van der Waals surface area contributed by atoms with Crippen LogP contribution in [0.1, 0.15) is 27.0 Å². The molecule has 5 nitrogen and oxygen atoms in total. The van der Waals surface area contributed by atoms with Crippen LogP contribution in [0.2, 0.25) is 0 Å². The fraction of sp³-hybridized carbons (Fsp3) is 0.0800. The van der Waals surface area contributed by atoms with Crippen LogP contribution in [0, 0.1) is 6.92 Å². The van der Waals surface area contributed by atoms with Gasteiger partial charge in [0.2, 0.25) is 0 Å². The zero-order chi connectivity index (χ0) is 21.8. The Kier molecular flexibility index (Phi) is 6.00. The number of aryl methyl sites for hydroxylation is 1. The smallest absolute Gasteiger partial charge is 0.293 e. The molecular formula is C25H20N2O3S. The summed E-state index contributed by atoms with van der Waals surface area (Å²) in [4.78, 5) is 39.1. The maximum atomic E-state index is 12.7. The summed E-state index contributed by atoms with van der Waals surface area (Å²) < 4.78 is 0. The molecule has 1 saturated heterocycles. The summed E-state index contributed by atoms with van der Waals surface area (Å²) in [5, 5.41) is 2.57. The van der Waals surface area contributed by atoms with Crippen LogP contribution in [0.4, 0.5) is 10.5 Å². The van der Waals surface area contributed by atoms with E-state index in [1.165, 1.54) is 4.90 Å². The van der Waals surface area contributed by atoms with Crippen molar-refractivity contribution in [2.75, 3.05) is 5.32 Å². The van der Waals surface area contributed by atoms with Gasteiger partial charge in [-0.3, -0.25) is 19.3 Å². The Bertz CT molecular complexity index is 1170. The van der Waals surface area contributed by atoms with Gasteiger partial charge >= 0.3 is 0 Å². The molecule has 0 radical (unpaired) electrons. The number of amides is 3. The van der Waals surface area contributed by atoms with Crippen molar-refractivity contribution in [1.29, 1.82) is 0 Å². The lowest BCUT2D eigenvalue weighted by atomic mass is 10.1. The first-order chi connectivity index (χ1) is 15.0. The van der Waals surface area contributed by atoms with Crippen LogP contribution in [0.3, 0.4) is 0 Å². The Morgan fingerprint density at radius 2 is 1.71 bits per heavy atom. The van der Waals surface area contributed by atoms with Crippen molar-refractivity contribution in [2.24, 2.45) is 0 Å². The summed E-state index contributed by atoms with van der Waals surface area (Å²) in [6, 6.07) is 23.9. The number of rotatable bonds is 5. The number of hydrogen-bond donors (Lipinski definition) is 1. The van der Waals surface area contributed by atoms with Gasteiger partial charge in [-0.15, -0.1) is 0 Å². The first-order valence-corrected chi connectivity index (χ1v) is 10.6. The second kappa shape index (κ2) is 9.02. The summed E-state index contributed by atoms with van der Waals surface area (Å²) in [6.45, 7) is 2.13. The highest BCUT2D eigenvalue weighted by atomic mass is 32.2. The summed E-state index contributed by atoms with van der Waals surface area (Å²) in [5.74, 6) is -0.519. The summed E-state index contributed by atoms with van der Waals surface area (Å²) in [5.41, 5.74) is 3.94. The summed E-state index contributed by atoms with van der Waals surface area (Å²) >= 11 is 0.941. The van der Waals surface area contributed by atoms with Crippen LogP contribution in [-0.2, 0) is 11.3 Å². The molecule has 6 heteroatoms. The van der Waals surface area contributed by atoms with Gasteiger partial charge in [-0.2, -0.15) is 0 Å². The highest BCUT2D eigenvalue weighted by Crippen LogP contribution is 2.33. The van der Waals surface area contributed by atoms with E-state index in [2.05, 4.69) is 5.32 Å². The van der Waals surface area contributed by atoms with Crippen molar-refractivity contribution in [3.05, 3.63) is 106 Å². The molecular weight excluding hydrogens is 408 g/mol. The Morgan fingerprint density at radius 1 is 0.968 bits per heavy atom. The number of hydrogen-bond acceptors (Lipinski definition) is 4. The molecule has 3 amide bonds. The highest BCUT2D eigenvalue weighted by Gasteiger charge is 2.34. The third kappa shape index (κ3) is 4.92. The predicted molar refractivity (Wildman–Crippen MR) is 124 cm³/mol. The second-order valence-electron chi connectivity index (χ2n) is 7.20. The van der Waals surface area contributed by atoms with Gasteiger partial charge in [-0.1, -0.05) is 54.6 Å². The number of carbonyl (C=O) groups excluding carboxylic acids is 3. The van der Waals surface area contributed by atoms with Gasteiger partial charge in [0.15, 0.2) is 0 Å². The van der Waals surface area contributed by atoms with Crippen molar-refractivity contribution >= 4 is 40.6 Å². The van der Waals surface area contributed by atoms with E-state index in [4.69, 9.17) is 0 Å². The van der Waals surface area contributed by atoms with Gasteiger partial charge in [0, 0.05) is 11.3 Å². The molecule has 0 bridgehead atoms. The number of nitrogens with zero attached hydrogens (tertiary/aromatic N) is 1. The standard InChI is InChI=1S/C25H20N2O3S/c1-17-6-5-9-21(14-17)26-23(28)20-12-10-19(11-13-20)16-27-24(29)22(31-25(27)30)15-18-7-3-2-4-8-18/h2-15H,16H2,1H3,(H,26,28)/b22-15-. The zero-order valence-electron chi connectivity index (χ0n) is 16.9. The van der Waals surface area contributed by atoms with Crippen molar-refractivity contribution in [3.8, 4) is 0 Å². The van der Waals surface area contributed by atoms with Crippen LogP contribution in [0.25, 0.3) is 6.08 Å². The minimum Gasteiger partial charge on any atom is -0.322 e. The molecule has 154 valence electrons. The minimum atomic E-state index is -0.305. The van der Waals surface area contributed by atoms with Crippen LogP contribution >= 0.6 is 11.8 Å². The second-order valence-corrected chi connectivity index (χ2v) is 8.19. The normalized spacial score (nSPS) is 14.9. The average molecular weight is 429 g/mol. The first kappa shape index (κ1) is 20.6. The molecule has 1 heterocycles. The zero-order valence-corrected chi connectivity index (χ0v) is 17.7. The van der Waals surface area contributed by atoms with E-state index in [-0.39, 0.29) is 23.6 Å². The lowest BCUT2D eigenvalue weighted by Crippen LogP contribution is -2.27. The van der Waals surface area contributed by atoms with E-state index >= 15 is 0 Å². The predicted octanol–water partition coefficient (Wildman–Crippen LogP) is 5.48. The average Bonchev–Trinajstić information content (AvgIpc) is 3.02. The van der Waals surface area contributed by atoms with E-state index in [1.807, 2.05) is 61.5 Å². The molecule has 0 aromatic heterocycles. The lowest BCUT2D eigenvalue weighted by Gasteiger charge is -2.13. The van der Waals surface area contributed by atoms with Crippen LogP contribution in [0.5, 0.6) is 0 Å². The fourth-order valence-electron chi connectivity index (χ4n) is 3.21. The highest BCUT2D eigenvalue weighted by molar-refractivity contribution is 8.18. The monoisotopic (exact) mass is 428 g/mol. The third-order valence-electron chi connectivity index (χ3n) is 4.80. The van der Waals surface area contributed by atoms with Gasteiger partial charge in [0.1, 0.15) is 0 Å². The van der Waals surface area contributed by atoms with Crippen LogP contribution in [0.15, 0.2) is 83.8 Å². The Balaban J connectivity index is 1.43. The summed E-state index contributed by atoms with van der Waals surface area (Å²) in [6.07, 6.45) is 1.73. The maximum absolute atomic E-state index is 12.7. The van der Waals surface area contributed by atoms with Gasteiger partial charge in [-0.25, -0.2) is 0 Å². The number of nitrogens with one attached hydrogen (secondary N) is 1. The Hall–Kier alpha value is -3.64. The molecule has 3 aromatic carbocycles. The third-order valence-corrected chi connectivity index (χ3v) is 5.71. The summed E-state index contributed by atoms with van der Waals surface area (Å²) in [7, 11) is 0. The van der Waals surface area contributed by atoms with Crippen molar-refractivity contribution in [3.63, 3.8) is 0 Å². The van der Waals surface area contributed by atoms with E-state index in [0.29, 0.717) is 10.5 Å². The molecule has 0 unspecified atom stereocenters. The number of imide groups is 1.